The van der Waals surface area contributed by atoms with Crippen LogP contribution in [-0.4, -0.2) is 9.97 Å². The number of nitrogens with one attached hydrogen (secondary N) is 1. The Labute approximate surface area is 109 Å². The van der Waals surface area contributed by atoms with Gasteiger partial charge in [0.25, 0.3) is 0 Å². The van der Waals surface area contributed by atoms with E-state index < -0.39 is 0 Å². The first-order valence-corrected chi connectivity index (χ1v) is 7.11. The predicted octanol–water partition coefficient (Wildman–Crippen LogP) is 2.27. The van der Waals surface area contributed by atoms with Crippen molar-refractivity contribution in [2.24, 2.45) is 5.84 Å². The van der Waals surface area contributed by atoms with Gasteiger partial charge < -0.3 is 0 Å². The highest BCUT2D eigenvalue weighted by Gasteiger charge is 2.16. The van der Waals surface area contributed by atoms with Gasteiger partial charge in [-0.25, -0.2) is 9.97 Å². The maximum Gasteiger partial charge on any atom is 0.0950 e. The molecule has 0 bridgehead atoms. The van der Waals surface area contributed by atoms with Crippen molar-refractivity contribution in [2.45, 2.75) is 33.2 Å². The van der Waals surface area contributed by atoms with Gasteiger partial charge >= 0.3 is 0 Å². The number of nitrogens with zero attached hydrogens (tertiary/aromatic N) is 2. The van der Waals surface area contributed by atoms with Gasteiger partial charge in [-0.3, -0.25) is 11.3 Å². The molecule has 0 aromatic carbocycles. The maximum atomic E-state index is 5.60. The lowest BCUT2D eigenvalue weighted by atomic mass is 10.2. The van der Waals surface area contributed by atoms with Crippen LogP contribution in [0, 0.1) is 20.8 Å². The lowest BCUT2D eigenvalue weighted by Crippen LogP contribution is -2.29. The summed E-state index contributed by atoms with van der Waals surface area (Å²) in [5.74, 6) is 5.60. The normalized spacial score (nSPS) is 12.9. The van der Waals surface area contributed by atoms with E-state index in [0.29, 0.717) is 0 Å². The maximum absolute atomic E-state index is 5.60. The Morgan fingerprint density at radius 1 is 1.35 bits per heavy atom. The molecule has 2 aromatic rings. The van der Waals surface area contributed by atoms with Gasteiger partial charge in [0.05, 0.1) is 27.4 Å². The molecule has 0 radical (unpaired) electrons. The smallest absolute Gasteiger partial charge is 0.0950 e. The number of thiazole rings is 2. The van der Waals surface area contributed by atoms with Gasteiger partial charge in [-0.15, -0.1) is 22.7 Å². The van der Waals surface area contributed by atoms with Crippen LogP contribution in [0.2, 0.25) is 0 Å². The molecule has 4 nitrogen and oxygen atoms in total. The van der Waals surface area contributed by atoms with E-state index in [0.717, 1.165) is 27.8 Å². The largest absolute Gasteiger partial charge is 0.271 e. The van der Waals surface area contributed by atoms with Crippen molar-refractivity contribution >= 4 is 22.7 Å². The molecular formula is C11H16N4S2. The molecule has 0 aliphatic carbocycles. The van der Waals surface area contributed by atoms with Crippen LogP contribution >= 0.6 is 22.7 Å². The summed E-state index contributed by atoms with van der Waals surface area (Å²) in [6.45, 7) is 6.13. The molecule has 0 saturated heterocycles. The Morgan fingerprint density at radius 2 is 2.12 bits per heavy atom. The Balaban J connectivity index is 2.15. The summed E-state index contributed by atoms with van der Waals surface area (Å²) in [5.41, 5.74) is 4.93. The number of rotatable bonds is 4. The highest BCUT2D eigenvalue weighted by molar-refractivity contribution is 7.11. The number of aromatic nitrogens is 2. The van der Waals surface area contributed by atoms with Crippen molar-refractivity contribution in [3.63, 3.8) is 0 Å². The molecule has 92 valence electrons. The third-order valence-electron chi connectivity index (χ3n) is 2.65. The summed E-state index contributed by atoms with van der Waals surface area (Å²) in [5, 5.41) is 4.22. The standard InChI is InChI=1S/C11H16N4S2/c1-6-7(2)17-11(13-6)4-9(15-12)10-5-16-8(3)14-10/h5,9,15H,4,12H2,1-3H3. The summed E-state index contributed by atoms with van der Waals surface area (Å²) >= 11 is 3.37. The number of aryl methyl sites for hydroxylation is 3. The number of hydrogen-bond donors (Lipinski definition) is 2. The average molecular weight is 268 g/mol. The minimum atomic E-state index is 0.0462. The van der Waals surface area contributed by atoms with Crippen LogP contribution in [0.25, 0.3) is 0 Å². The molecule has 2 rings (SSSR count). The van der Waals surface area contributed by atoms with Crippen molar-refractivity contribution < 1.29 is 0 Å². The van der Waals surface area contributed by atoms with Crippen molar-refractivity contribution in [1.29, 1.82) is 0 Å². The van der Waals surface area contributed by atoms with E-state index in [2.05, 4.69) is 22.3 Å². The summed E-state index contributed by atoms with van der Waals surface area (Å²) < 4.78 is 0. The van der Waals surface area contributed by atoms with E-state index in [9.17, 15) is 0 Å². The fourth-order valence-electron chi connectivity index (χ4n) is 1.59. The van der Waals surface area contributed by atoms with E-state index in [1.165, 1.54) is 4.88 Å². The summed E-state index contributed by atoms with van der Waals surface area (Å²) in [7, 11) is 0. The first-order chi connectivity index (χ1) is 8.10. The first kappa shape index (κ1) is 12.6. The Kier molecular flexibility index (Phi) is 3.88. The number of hydrogen-bond acceptors (Lipinski definition) is 6. The van der Waals surface area contributed by atoms with Crippen LogP contribution in [0.1, 0.15) is 32.3 Å². The van der Waals surface area contributed by atoms with E-state index in [4.69, 9.17) is 5.84 Å². The highest BCUT2D eigenvalue weighted by Crippen LogP contribution is 2.23. The molecule has 0 spiro atoms. The zero-order valence-corrected chi connectivity index (χ0v) is 11.8. The molecule has 2 heterocycles. The molecule has 17 heavy (non-hydrogen) atoms. The summed E-state index contributed by atoms with van der Waals surface area (Å²) in [6.07, 6.45) is 0.791. The van der Waals surface area contributed by atoms with Crippen LogP contribution < -0.4 is 11.3 Å². The van der Waals surface area contributed by atoms with Crippen molar-refractivity contribution in [2.75, 3.05) is 0 Å². The molecule has 1 unspecified atom stereocenters. The quantitative estimate of drug-likeness (QED) is 0.659. The highest BCUT2D eigenvalue weighted by atomic mass is 32.1. The molecule has 0 saturated carbocycles. The van der Waals surface area contributed by atoms with Crippen LogP contribution in [0.4, 0.5) is 0 Å². The van der Waals surface area contributed by atoms with Gasteiger partial charge in [-0.05, 0) is 20.8 Å². The molecule has 0 aliphatic heterocycles. The SMILES string of the molecule is Cc1nc(C(Cc2nc(C)c(C)s2)NN)cs1. The fraction of sp³-hybridized carbons (Fsp3) is 0.455. The van der Waals surface area contributed by atoms with E-state index >= 15 is 0 Å². The van der Waals surface area contributed by atoms with Gasteiger partial charge in [0.15, 0.2) is 0 Å². The Hall–Kier alpha value is -0.820. The lowest BCUT2D eigenvalue weighted by molar-refractivity contribution is 0.539. The summed E-state index contributed by atoms with van der Waals surface area (Å²) in [4.78, 5) is 10.3. The van der Waals surface area contributed by atoms with E-state index in [1.54, 1.807) is 22.7 Å². The van der Waals surface area contributed by atoms with Gasteiger partial charge in [0.1, 0.15) is 0 Å². The fourth-order valence-corrected chi connectivity index (χ4v) is 3.24. The molecule has 0 fully saturated rings. The third kappa shape index (κ3) is 2.90. The third-order valence-corrected chi connectivity index (χ3v) is 4.53. The minimum absolute atomic E-state index is 0.0462. The zero-order valence-electron chi connectivity index (χ0n) is 10.2. The van der Waals surface area contributed by atoms with Crippen LogP contribution in [0.3, 0.4) is 0 Å². The molecule has 2 aromatic heterocycles. The number of hydrazine groups is 1. The predicted molar refractivity (Wildman–Crippen MR) is 72.2 cm³/mol. The zero-order chi connectivity index (χ0) is 12.4. The lowest BCUT2D eigenvalue weighted by Gasteiger charge is -2.11. The van der Waals surface area contributed by atoms with Crippen molar-refractivity contribution in [3.05, 3.63) is 31.7 Å². The van der Waals surface area contributed by atoms with E-state index in [-0.39, 0.29) is 6.04 Å². The Bertz CT molecular complexity index is 484. The van der Waals surface area contributed by atoms with Crippen LogP contribution in [0.15, 0.2) is 5.38 Å². The average Bonchev–Trinajstić information content (AvgIpc) is 2.83. The van der Waals surface area contributed by atoms with Gasteiger partial charge in [0, 0.05) is 16.7 Å². The molecule has 0 aliphatic rings. The molecule has 1 atom stereocenters. The Morgan fingerprint density at radius 3 is 2.59 bits per heavy atom. The van der Waals surface area contributed by atoms with Crippen LogP contribution in [-0.2, 0) is 6.42 Å². The summed E-state index contributed by atoms with van der Waals surface area (Å²) in [6, 6.07) is 0.0462. The monoisotopic (exact) mass is 268 g/mol. The topological polar surface area (TPSA) is 63.8 Å². The van der Waals surface area contributed by atoms with Crippen molar-refractivity contribution in [3.8, 4) is 0 Å². The van der Waals surface area contributed by atoms with E-state index in [1.807, 2.05) is 19.2 Å². The van der Waals surface area contributed by atoms with Crippen molar-refractivity contribution in [1.82, 2.24) is 15.4 Å². The second kappa shape index (κ2) is 5.22. The second-order valence-electron chi connectivity index (χ2n) is 3.96. The number of nitrogens with two attached hydrogens (primary N) is 1. The van der Waals surface area contributed by atoms with Crippen LogP contribution in [0.5, 0.6) is 0 Å². The first-order valence-electron chi connectivity index (χ1n) is 5.41. The van der Waals surface area contributed by atoms with Gasteiger partial charge in [0.2, 0.25) is 0 Å². The molecular weight excluding hydrogens is 252 g/mol. The molecule has 3 N–H and O–H groups in total. The van der Waals surface area contributed by atoms with Gasteiger partial charge in [-0.1, -0.05) is 0 Å². The second-order valence-corrected chi connectivity index (χ2v) is 6.31. The minimum Gasteiger partial charge on any atom is -0.271 e. The molecule has 0 amide bonds. The van der Waals surface area contributed by atoms with Gasteiger partial charge in [-0.2, -0.15) is 0 Å². The molecule has 6 heteroatoms.